The van der Waals surface area contributed by atoms with E-state index in [2.05, 4.69) is 37.9 Å². The third kappa shape index (κ3) is 3.79. The smallest absolute Gasteiger partial charge is 0.0422 e. The minimum absolute atomic E-state index is 0.0338. The van der Waals surface area contributed by atoms with Crippen LogP contribution < -0.4 is 5.73 Å². The molecule has 2 unspecified atom stereocenters. The van der Waals surface area contributed by atoms with Crippen molar-refractivity contribution < 1.29 is 0 Å². The number of aryl methyl sites for hydroxylation is 1. The standard InChI is InChI=1S/C17H28N2/c1-4-14-7-8-16(19-12-14)11-17(18)9-5-6-15(10-17)13(2)3/h7-8,12-13,15H,4-6,9-11,18H2,1-3H3. The van der Waals surface area contributed by atoms with Crippen molar-refractivity contribution in [2.24, 2.45) is 17.6 Å². The van der Waals surface area contributed by atoms with E-state index in [4.69, 9.17) is 5.73 Å². The Hall–Kier alpha value is -0.890. The van der Waals surface area contributed by atoms with Crippen LogP contribution in [0.4, 0.5) is 0 Å². The summed E-state index contributed by atoms with van der Waals surface area (Å²) in [6, 6.07) is 4.35. The fourth-order valence-corrected chi connectivity index (χ4v) is 3.30. The second-order valence-corrected chi connectivity index (χ2v) is 6.65. The van der Waals surface area contributed by atoms with Crippen LogP contribution in [0.5, 0.6) is 0 Å². The lowest BCUT2D eigenvalue weighted by Gasteiger charge is -2.39. The third-order valence-electron chi connectivity index (χ3n) is 4.69. The van der Waals surface area contributed by atoms with Crippen LogP contribution in [0.3, 0.4) is 0 Å². The Morgan fingerprint density at radius 1 is 1.42 bits per heavy atom. The Labute approximate surface area is 117 Å². The van der Waals surface area contributed by atoms with E-state index >= 15 is 0 Å². The van der Waals surface area contributed by atoms with Gasteiger partial charge in [-0.1, -0.05) is 39.7 Å². The fourth-order valence-electron chi connectivity index (χ4n) is 3.30. The van der Waals surface area contributed by atoms with Gasteiger partial charge >= 0.3 is 0 Å². The first-order chi connectivity index (χ1) is 9.02. The summed E-state index contributed by atoms with van der Waals surface area (Å²) in [5.41, 5.74) is 9.08. The topological polar surface area (TPSA) is 38.9 Å². The molecule has 0 saturated heterocycles. The van der Waals surface area contributed by atoms with E-state index in [0.29, 0.717) is 0 Å². The van der Waals surface area contributed by atoms with Crippen molar-refractivity contribution in [3.8, 4) is 0 Å². The molecule has 1 aliphatic carbocycles. The molecule has 106 valence electrons. The van der Waals surface area contributed by atoms with Crippen LogP contribution in [-0.2, 0) is 12.8 Å². The molecule has 1 aromatic rings. The van der Waals surface area contributed by atoms with Crippen molar-refractivity contribution in [3.05, 3.63) is 29.6 Å². The average molecular weight is 260 g/mol. The number of hydrogen-bond donors (Lipinski definition) is 1. The van der Waals surface area contributed by atoms with Crippen LogP contribution in [-0.4, -0.2) is 10.5 Å². The molecule has 2 atom stereocenters. The molecule has 2 heteroatoms. The van der Waals surface area contributed by atoms with Crippen LogP contribution >= 0.6 is 0 Å². The van der Waals surface area contributed by atoms with Gasteiger partial charge in [-0.3, -0.25) is 4.98 Å². The number of nitrogens with zero attached hydrogens (tertiary/aromatic N) is 1. The quantitative estimate of drug-likeness (QED) is 0.896. The lowest BCUT2D eigenvalue weighted by atomic mass is 9.70. The molecule has 0 aromatic carbocycles. The molecular formula is C17H28N2. The van der Waals surface area contributed by atoms with Crippen LogP contribution in [0.25, 0.3) is 0 Å². The van der Waals surface area contributed by atoms with Crippen molar-refractivity contribution in [2.45, 2.75) is 64.8 Å². The van der Waals surface area contributed by atoms with Gasteiger partial charge in [-0.05, 0) is 42.7 Å². The van der Waals surface area contributed by atoms with E-state index in [-0.39, 0.29) is 5.54 Å². The second-order valence-electron chi connectivity index (χ2n) is 6.65. The number of rotatable bonds is 4. The molecule has 0 amide bonds. The van der Waals surface area contributed by atoms with Crippen LogP contribution in [0.15, 0.2) is 18.3 Å². The van der Waals surface area contributed by atoms with Gasteiger partial charge in [-0.2, -0.15) is 0 Å². The maximum Gasteiger partial charge on any atom is 0.0422 e. The highest BCUT2D eigenvalue weighted by Crippen LogP contribution is 2.36. The molecule has 0 bridgehead atoms. The van der Waals surface area contributed by atoms with Gasteiger partial charge in [0.25, 0.3) is 0 Å². The minimum atomic E-state index is -0.0338. The summed E-state index contributed by atoms with van der Waals surface area (Å²) in [5.74, 6) is 1.53. The number of nitrogens with two attached hydrogens (primary N) is 1. The van der Waals surface area contributed by atoms with E-state index in [1.54, 1.807) is 0 Å². The van der Waals surface area contributed by atoms with Crippen LogP contribution in [0.2, 0.25) is 0 Å². The molecule has 1 saturated carbocycles. The fraction of sp³-hybridized carbons (Fsp3) is 0.706. The Morgan fingerprint density at radius 3 is 2.79 bits per heavy atom. The van der Waals surface area contributed by atoms with Gasteiger partial charge in [0.15, 0.2) is 0 Å². The van der Waals surface area contributed by atoms with Crippen molar-refractivity contribution in [1.29, 1.82) is 0 Å². The monoisotopic (exact) mass is 260 g/mol. The van der Waals surface area contributed by atoms with Crippen LogP contribution in [0, 0.1) is 11.8 Å². The SMILES string of the molecule is CCc1ccc(CC2(N)CCCC(C(C)C)C2)nc1. The lowest BCUT2D eigenvalue weighted by molar-refractivity contribution is 0.181. The predicted octanol–water partition coefficient (Wildman–Crippen LogP) is 3.73. The maximum absolute atomic E-state index is 6.65. The zero-order valence-corrected chi connectivity index (χ0v) is 12.7. The Bertz CT molecular complexity index is 396. The number of hydrogen-bond acceptors (Lipinski definition) is 2. The zero-order chi connectivity index (χ0) is 13.9. The second kappa shape index (κ2) is 6.04. The average Bonchev–Trinajstić information content (AvgIpc) is 2.39. The molecule has 2 N–H and O–H groups in total. The summed E-state index contributed by atoms with van der Waals surface area (Å²) in [6.07, 6.45) is 8.90. The molecule has 1 aromatic heterocycles. The van der Waals surface area contributed by atoms with E-state index in [9.17, 15) is 0 Å². The number of aromatic nitrogens is 1. The summed E-state index contributed by atoms with van der Waals surface area (Å²) in [5, 5.41) is 0. The lowest BCUT2D eigenvalue weighted by Crippen LogP contribution is -2.47. The van der Waals surface area contributed by atoms with Gasteiger partial charge in [-0.15, -0.1) is 0 Å². The minimum Gasteiger partial charge on any atom is -0.325 e. The van der Waals surface area contributed by atoms with Crippen molar-refractivity contribution in [2.75, 3.05) is 0 Å². The molecule has 0 spiro atoms. The third-order valence-corrected chi connectivity index (χ3v) is 4.69. The first-order valence-electron chi connectivity index (χ1n) is 7.75. The summed E-state index contributed by atoms with van der Waals surface area (Å²) in [6.45, 7) is 6.81. The molecule has 2 nitrogen and oxygen atoms in total. The Kier molecular flexibility index (Phi) is 4.62. The first kappa shape index (κ1) is 14.5. The van der Waals surface area contributed by atoms with Crippen LogP contribution in [0.1, 0.15) is 57.7 Å². The molecule has 1 fully saturated rings. The summed E-state index contributed by atoms with van der Waals surface area (Å²) < 4.78 is 0. The Morgan fingerprint density at radius 2 is 2.21 bits per heavy atom. The Balaban J connectivity index is 2.03. The highest BCUT2D eigenvalue weighted by Gasteiger charge is 2.34. The largest absolute Gasteiger partial charge is 0.325 e. The van der Waals surface area contributed by atoms with E-state index in [1.165, 1.54) is 18.4 Å². The summed E-state index contributed by atoms with van der Waals surface area (Å²) in [4.78, 5) is 4.58. The normalized spacial score (nSPS) is 27.7. The van der Waals surface area contributed by atoms with Crippen molar-refractivity contribution >= 4 is 0 Å². The van der Waals surface area contributed by atoms with E-state index in [1.807, 2.05) is 6.20 Å². The predicted molar refractivity (Wildman–Crippen MR) is 81.0 cm³/mol. The molecule has 1 heterocycles. The highest BCUT2D eigenvalue weighted by molar-refractivity contribution is 5.16. The summed E-state index contributed by atoms with van der Waals surface area (Å²) >= 11 is 0. The molecule has 0 radical (unpaired) electrons. The first-order valence-corrected chi connectivity index (χ1v) is 7.75. The molecule has 2 rings (SSSR count). The van der Waals surface area contributed by atoms with E-state index < -0.39 is 0 Å². The van der Waals surface area contributed by atoms with Gasteiger partial charge < -0.3 is 5.73 Å². The number of pyridine rings is 1. The van der Waals surface area contributed by atoms with Gasteiger partial charge in [0.05, 0.1) is 0 Å². The zero-order valence-electron chi connectivity index (χ0n) is 12.7. The van der Waals surface area contributed by atoms with Crippen molar-refractivity contribution in [1.82, 2.24) is 4.98 Å². The molecule has 19 heavy (non-hydrogen) atoms. The van der Waals surface area contributed by atoms with Crippen molar-refractivity contribution in [3.63, 3.8) is 0 Å². The summed E-state index contributed by atoms with van der Waals surface area (Å²) in [7, 11) is 0. The molecule has 1 aliphatic rings. The highest BCUT2D eigenvalue weighted by atomic mass is 14.8. The van der Waals surface area contributed by atoms with Gasteiger partial charge in [-0.25, -0.2) is 0 Å². The molecular weight excluding hydrogens is 232 g/mol. The van der Waals surface area contributed by atoms with E-state index in [0.717, 1.165) is 43.2 Å². The van der Waals surface area contributed by atoms with Gasteiger partial charge in [0.2, 0.25) is 0 Å². The van der Waals surface area contributed by atoms with Gasteiger partial charge in [0.1, 0.15) is 0 Å². The van der Waals surface area contributed by atoms with Gasteiger partial charge in [0, 0.05) is 23.9 Å². The molecule has 0 aliphatic heterocycles. The maximum atomic E-state index is 6.65.